The molecule has 0 aliphatic carbocycles. The quantitative estimate of drug-likeness (QED) is 0.743. The molecule has 0 amide bonds. The Balaban J connectivity index is 2.26. The van der Waals surface area contributed by atoms with Gasteiger partial charge in [0.15, 0.2) is 0 Å². The van der Waals surface area contributed by atoms with E-state index in [0.29, 0.717) is 6.54 Å². The van der Waals surface area contributed by atoms with Crippen molar-refractivity contribution in [2.45, 2.75) is 19.4 Å². The molecule has 1 aliphatic rings. The summed E-state index contributed by atoms with van der Waals surface area (Å²) in [5, 5.41) is 0. The van der Waals surface area contributed by atoms with Crippen LogP contribution in [0.15, 0.2) is 24.3 Å². The molecule has 0 radical (unpaired) electrons. The highest BCUT2D eigenvalue weighted by Crippen LogP contribution is 2.23. The highest BCUT2D eigenvalue weighted by atomic mass is 15.1. The van der Waals surface area contributed by atoms with Crippen LogP contribution in [0.1, 0.15) is 18.4 Å². The van der Waals surface area contributed by atoms with E-state index in [-0.39, 0.29) is 0 Å². The monoisotopic (exact) mass is 176 g/mol. The van der Waals surface area contributed by atoms with Crippen LogP contribution in [0, 0.1) is 0 Å². The van der Waals surface area contributed by atoms with Gasteiger partial charge < -0.3 is 10.6 Å². The number of nitrogens with zero attached hydrogens (tertiary/aromatic N) is 1. The van der Waals surface area contributed by atoms with Crippen molar-refractivity contribution in [3.63, 3.8) is 0 Å². The van der Waals surface area contributed by atoms with Crippen molar-refractivity contribution in [2.75, 3.05) is 18.0 Å². The van der Waals surface area contributed by atoms with Gasteiger partial charge in [0.2, 0.25) is 0 Å². The first-order valence-electron chi connectivity index (χ1n) is 4.95. The van der Waals surface area contributed by atoms with E-state index in [1.165, 1.54) is 37.2 Å². The van der Waals surface area contributed by atoms with E-state index in [0.717, 1.165) is 0 Å². The van der Waals surface area contributed by atoms with Gasteiger partial charge in [0.05, 0.1) is 0 Å². The third-order valence-electron chi connectivity index (χ3n) is 2.66. The van der Waals surface area contributed by atoms with Gasteiger partial charge in [0.25, 0.3) is 0 Å². The zero-order valence-corrected chi connectivity index (χ0v) is 7.87. The van der Waals surface area contributed by atoms with Crippen LogP contribution in [-0.2, 0) is 6.54 Å². The first-order valence-corrected chi connectivity index (χ1v) is 4.95. The smallest absolute Gasteiger partial charge is 0.0411 e. The lowest BCUT2D eigenvalue weighted by Gasteiger charge is -2.20. The second-order valence-electron chi connectivity index (χ2n) is 3.53. The molecule has 70 valence electrons. The minimum atomic E-state index is 0.646. The minimum absolute atomic E-state index is 0.646. The molecule has 0 atom stereocenters. The number of hydrogen-bond donors (Lipinski definition) is 1. The molecule has 1 fully saturated rings. The van der Waals surface area contributed by atoms with Crippen molar-refractivity contribution in [1.82, 2.24) is 0 Å². The standard InChI is InChI=1S/C11H16N2/c12-9-10-5-1-2-6-11(10)13-7-3-4-8-13/h1-2,5-6H,3-4,7-9,12H2. The van der Waals surface area contributed by atoms with Crippen LogP contribution in [0.4, 0.5) is 5.69 Å². The normalized spacial score (nSPS) is 16.5. The minimum Gasteiger partial charge on any atom is -0.371 e. The average Bonchev–Trinajstić information content (AvgIpc) is 2.70. The summed E-state index contributed by atoms with van der Waals surface area (Å²) in [6.07, 6.45) is 2.64. The van der Waals surface area contributed by atoms with Crippen LogP contribution in [0.3, 0.4) is 0 Å². The van der Waals surface area contributed by atoms with E-state index in [4.69, 9.17) is 5.73 Å². The van der Waals surface area contributed by atoms with Gasteiger partial charge in [0, 0.05) is 25.3 Å². The van der Waals surface area contributed by atoms with E-state index in [9.17, 15) is 0 Å². The molecular weight excluding hydrogens is 160 g/mol. The van der Waals surface area contributed by atoms with Crippen molar-refractivity contribution >= 4 is 5.69 Å². The van der Waals surface area contributed by atoms with E-state index in [1.807, 2.05) is 0 Å². The van der Waals surface area contributed by atoms with Crippen molar-refractivity contribution in [3.05, 3.63) is 29.8 Å². The molecule has 0 spiro atoms. The average molecular weight is 176 g/mol. The molecule has 0 bridgehead atoms. The second kappa shape index (κ2) is 3.79. The summed E-state index contributed by atoms with van der Waals surface area (Å²) in [4.78, 5) is 2.43. The Morgan fingerprint density at radius 2 is 1.85 bits per heavy atom. The lowest BCUT2D eigenvalue weighted by Crippen LogP contribution is -2.19. The Morgan fingerprint density at radius 3 is 2.54 bits per heavy atom. The molecule has 0 saturated carbocycles. The van der Waals surface area contributed by atoms with Gasteiger partial charge in [0.1, 0.15) is 0 Å². The number of rotatable bonds is 2. The van der Waals surface area contributed by atoms with Gasteiger partial charge in [-0.25, -0.2) is 0 Å². The largest absolute Gasteiger partial charge is 0.371 e. The van der Waals surface area contributed by atoms with Crippen LogP contribution in [0.2, 0.25) is 0 Å². The number of hydrogen-bond acceptors (Lipinski definition) is 2. The maximum absolute atomic E-state index is 5.69. The number of anilines is 1. The van der Waals surface area contributed by atoms with Crippen molar-refractivity contribution in [3.8, 4) is 0 Å². The molecule has 1 aliphatic heterocycles. The number of benzene rings is 1. The molecule has 0 aromatic heterocycles. The van der Waals surface area contributed by atoms with Gasteiger partial charge in [-0.3, -0.25) is 0 Å². The Bertz CT molecular complexity index is 277. The predicted molar refractivity (Wildman–Crippen MR) is 55.8 cm³/mol. The molecular formula is C11H16N2. The van der Waals surface area contributed by atoms with Crippen LogP contribution < -0.4 is 10.6 Å². The maximum Gasteiger partial charge on any atom is 0.0411 e. The topological polar surface area (TPSA) is 29.3 Å². The third kappa shape index (κ3) is 1.68. The molecule has 2 N–H and O–H groups in total. The molecule has 1 heterocycles. The molecule has 2 nitrogen and oxygen atoms in total. The summed E-state index contributed by atoms with van der Waals surface area (Å²) >= 11 is 0. The highest BCUT2D eigenvalue weighted by molar-refractivity contribution is 5.54. The van der Waals surface area contributed by atoms with Crippen LogP contribution >= 0.6 is 0 Å². The SMILES string of the molecule is NCc1ccccc1N1CCCC1. The first kappa shape index (κ1) is 8.57. The molecule has 2 heteroatoms. The maximum atomic E-state index is 5.69. The predicted octanol–water partition coefficient (Wildman–Crippen LogP) is 1.75. The Labute approximate surface area is 79.4 Å². The van der Waals surface area contributed by atoms with Gasteiger partial charge in [-0.05, 0) is 24.5 Å². The van der Waals surface area contributed by atoms with Gasteiger partial charge in [-0.2, -0.15) is 0 Å². The van der Waals surface area contributed by atoms with Crippen LogP contribution in [-0.4, -0.2) is 13.1 Å². The van der Waals surface area contributed by atoms with Crippen LogP contribution in [0.5, 0.6) is 0 Å². The van der Waals surface area contributed by atoms with E-state index >= 15 is 0 Å². The fourth-order valence-electron chi connectivity index (χ4n) is 1.95. The van der Waals surface area contributed by atoms with Crippen molar-refractivity contribution in [1.29, 1.82) is 0 Å². The summed E-state index contributed by atoms with van der Waals surface area (Å²) in [5.74, 6) is 0. The van der Waals surface area contributed by atoms with Gasteiger partial charge in [-0.1, -0.05) is 18.2 Å². The van der Waals surface area contributed by atoms with E-state index in [2.05, 4.69) is 29.2 Å². The molecule has 1 aromatic rings. The van der Waals surface area contributed by atoms with Gasteiger partial charge in [-0.15, -0.1) is 0 Å². The zero-order chi connectivity index (χ0) is 9.10. The summed E-state index contributed by atoms with van der Waals surface area (Å²) < 4.78 is 0. The first-order chi connectivity index (χ1) is 6.42. The summed E-state index contributed by atoms with van der Waals surface area (Å²) in [6.45, 7) is 3.03. The summed E-state index contributed by atoms with van der Waals surface area (Å²) in [6, 6.07) is 8.44. The van der Waals surface area contributed by atoms with Crippen molar-refractivity contribution in [2.24, 2.45) is 5.73 Å². The Hall–Kier alpha value is -1.02. The third-order valence-corrected chi connectivity index (χ3v) is 2.66. The molecule has 1 saturated heterocycles. The lowest BCUT2D eigenvalue weighted by atomic mass is 10.1. The Kier molecular flexibility index (Phi) is 2.50. The summed E-state index contributed by atoms with van der Waals surface area (Å²) in [7, 11) is 0. The number of para-hydroxylation sites is 1. The fraction of sp³-hybridized carbons (Fsp3) is 0.455. The molecule has 2 rings (SSSR count). The summed E-state index contributed by atoms with van der Waals surface area (Å²) in [5.41, 5.74) is 8.30. The lowest BCUT2D eigenvalue weighted by molar-refractivity contribution is 0.940. The molecule has 0 unspecified atom stereocenters. The van der Waals surface area contributed by atoms with Crippen LogP contribution in [0.25, 0.3) is 0 Å². The van der Waals surface area contributed by atoms with Crippen molar-refractivity contribution < 1.29 is 0 Å². The highest BCUT2D eigenvalue weighted by Gasteiger charge is 2.13. The number of nitrogens with two attached hydrogens (primary N) is 1. The molecule has 1 aromatic carbocycles. The zero-order valence-electron chi connectivity index (χ0n) is 7.87. The fourth-order valence-corrected chi connectivity index (χ4v) is 1.95. The Morgan fingerprint density at radius 1 is 1.15 bits per heavy atom. The second-order valence-corrected chi connectivity index (χ2v) is 3.53. The molecule has 13 heavy (non-hydrogen) atoms. The van der Waals surface area contributed by atoms with E-state index < -0.39 is 0 Å². The van der Waals surface area contributed by atoms with E-state index in [1.54, 1.807) is 0 Å². The van der Waals surface area contributed by atoms with Gasteiger partial charge >= 0.3 is 0 Å².